The minimum absolute atomic E-state index is 0.219. The van der Waals surface area contributed by atoms with E-state index >= 15 is 0 Å². The molecule has 1 aliphatic heterocycles. The Morgan fingerprint density at radius 2 is 2.09 bits per heavy atom. The SMILES string of the molecule is Fc1ccc(CCNc2cnnc(NCC3CCCO3)n2)cc1. The maximum atomic E-state index is 12.8. The maximum Gasteiger partial charge on any atom is 0.244 e. The predicted molar refractivity (Wildman–Crippen MR) is 85.9 cm³/mol. The number of halogens is 1. The van der Waals surface area contributed by atoms with Gasteiger partial charge in [0.25, 0.3) is 0 Å². The fourth-order valence-corrected chi connectivity index (χ4v) is 2.46. The van der Waals surface area contributed by atoms with Gasteiger partial charge in [0.2, 0.25) is 5.95 Å². The van der Waals surface area contributed by atoms with Gasteiger partial charge in [-0.2, -0.15) is 10.1 Å². The minimum atomic E-state index is -0.219. The second kappa shape index (κ2) is 7.82. The van der Waals surface area contributed by atoms with Gasteiger partial charge in [0.15, 0.2) is 5.82 Å². The van der Waals surface area contributed by atoms with Crippen molar-refractivity contribution in [1.82, 2.24) is 15.2 Å². The van der Waals surface area contributed by atoms with E-state index in [1.165, 1.54) is 12.1 Å². The van der Waals surface area contributed by atoms with Crippen molar-refractivity contribution >= 4 is 11.8 Å². The molecule has 1 aromatic carbocycles. The van der Waals surface area contributed by atoms with Gasteiger partial charge >= 0.3 is 0 Å². The first-order valence-electron chi connectivity index (χ1n) is 7.83. The van der Waals surface area contributed by atoms with Gasteiger partial charge in [0.05, 0.1) is 12.3 Å². The third kappa shape index (κ3) is 4.85. The second-order valence-corrected chi connectivity index (χ2v) is 5.48. The summed E-state index contributed by atoms with van der Waals surface area (Å²) in [6.07, 6.45) is 4.77. The Morgan fingerprint density at radius 3 is 2.87 bits per heavy atom. The zero-order chi connectivity index (χ0) is 15.9. The molecule has 1 atom stereocenters. The molecule has 1 aromatic heterocycles. The topological polar surface area (TPSA) is 72.0 Å². The van der Waals surface area contributed by atoms with Crippen LogP contribution in [0.25, 0.3) is 0 Å². The van der Waals surface area contributed by atoms with E-state index in [0.29, 0.717) is 24.9 Å². The van der Waals surface area contributed by atoms with Crippen LogP contribution in [0.4, 0.5) is 16.2 Å². The number of anilines is 2. The number of rotatable bonds is 7. The van der Waals surface area contributed by atoms with Crippen molar-refractivity contribution in [2.45, 2.75) is 25.4 Å². The summed E-state index contributed by atoms with van der Waals surface area (Å²) >= 11 is 0. The van der Waals surface area contributed by atoms with Crippen molar-refractivity contribution in [3.8, 4) is 0 Å². The molecule has 0 aliphatic carbocycles. The van der Waals surface area contributed by atoms with Crippen molar-refractivity contribution in [1.29, 1.82) is 0 Å². The van der Waals surface area contributed by atoms with Gasteiger partial charge in [-0.3, -0.25) is 0 Å². The van der Waals surface area contributed by atoms with Crippen molar-refractivity contribution < 1.29 is 9.13 Å². The van der Waals surface area contributed by atoms with Gasteiger partial charge in [0.1, 0.15) is 5.82 Å². The zero-order valence-corrected chi connectivity index (χ0v) is 12.8. The second-order valence-electron chi connectivity index (χ2n) is 5.48. The summed E-state index contributed by atoms with van der Waals surface area (Å²) in [5, 5.41) is 14.3. The summed E-state index contributed by atoms with van der Waals surface area (Å²) < 4.78 is 18.4. The maximum absolute atomic E-state index is 12.8. The molecular weight excluding hydrogens is 297 g/mol. The van der Waals surface area contributed by atoms with Crippen molar-refractivity contribution in [2.24, 2.45) is 0 Å². The standard InChI is InChI=1S/C16H20FN5O/c17-13-5-3-12(4-6-13)7-8-18-15-11-20-22-16(21-15)19-10-14-2-1-9-23-14/h3-6,11,14H,1-2,7-10H2,(H2,18,19,21,22). The van der Waals surface area contributed by atoms with Gasteiger partial charge in [0, 0.05) is 19.7 Å². The lowest BCUT2D eigenvalue weighted by Gasteiger charge is -2.11. The normalized spacial score (nSPS) is 17.2. The average Bonchev–Trinajstić information content (AvgIpc) is 3.09. The van der Waals surface area contributed by atoms with E-state index in [0.717, 1.165) is 31.4 Å². The third-order valence-corrected chi connectivity index (χ3v) is 3.70. The van der Waals surface area contributed by atoms with E-state index in [-0.39, 0.29) is 11.9 Å². The van der Waals surface area contributed by atoms with Crippen LogP contribution in [0.1, 0.15) is 18.4 Å². The zero-order valence-electron chi connectivity index (χ0n) is 12.8. The highest BCUT2D eigenvalue weighted by Gasteiger charge is 2.15. The first kappa shape index (κ1) is 15.6. The highest BCUT2D eigenvalue weighted by Crippen LogP contribution is 2.12. The molecule has 2 heterocycles. The summed E-state index contributed by atoms with van der Waals surface area (Å²) in [4.78, 5) is 4.37. The smallest absolute Gasteiger partial charge is 0.244 e. The average molecular weight is 317 g/mol. The van der Waals surface area contributed by atoms with Crippen LogP contribution in [0.5, 0.6) is 0 Å². The molecular formula is C16H20FN5O. The van der Waals surface area contributed by atoms with Crippen LogP contribution in [0.15, 0.2) is 30.5 Å². The molecule has 0 amide bonds. The van der Waals surface area contributed by atoms with Crippen LogP contribution < -0.4 is 10.6 Å². The Balaban J connectivity index is 1.46. The van der Waals surface area contributed by atoms with E-state index in [1.54, 1.807) is 18.3 Å². The van der Waals surface area contributed by atoms with Crippen LogP contribution in [0, 0.1) is 5.82 Å². The van der Waals surface area contributed by atoms with Crippen molar-refractivity contribution in [2.75, 3.05) is 30.3 Å². The Morgan fingerprint density at radius 1 is 1.22 bits per heavy atom. The Kier molecular flexibility index (Phi) is 5.31. The highest BCUT2D eigenvalue weighted by molar-refractivity contribution is 5.37. The van der Waals surface area contributed by atoms with E-state index in [9.17, 15) is 4.39 Å². The quantitative estimate of drug-likeness (QED) is 0.816. The lowest BCUT2D eigenvalue weighted by Crippen LogP contribution is -2.20. The summed E-state index contributed by atoms with van der Waals surface area (Å²) in [7, 11) is 0. The molecule has 1 fully saturated rings. The monoisotopic (exact) mass is 317 g/mol. The molecule has 0 saturated carbocycles. The largest absolute Gasteiger partial charge is 0.376 e. The molecule has 1 aliphatic rings. The molecule has 0 radical (unpaired) electrons. The molecule has 0 spiro atoms. The number of aromatic nitrogens is 3. The van der Waals surface area contributed by atoms with E-state index in [1.807, 2.05) is 0 Å². The molecule has 7 heteroatoms. The summed E-state index contributed by atoms with van der Waals surface area (Å²) in [6.45, 7) is 2.21. The van der Waals surface area contributed by atoms with Crippen molar-refractivity contribution in [3.05, 3.63) is 41.8 Å². The lowest BCUT2D eigenvalue weighted by molar-refractivity contribution is 0.120. The number of ether oxygens (including phenoxy) is 1. The Hall–Kier alpha value is -2.28. The number of benzene rings is 1. The number of hydrogen-bond donors (Lipinski definition) is 2. The number of nitrogens with one attached hydrogen (secondary N) is 2. The van der Waals surface area contributed by atoms with Gasteiger partial charge in [-0.05, 0) is 37.0 Å². The molecule has 2 N–H and O–H groups in total. The van der Waals surface area contributed by atoms with Crippen LogP contribution in [-0.4, -0.2) is 41.0 Å². The summed E-state index contributed by atoms with van der Waals surface area (Å²) in [5.74, 6) is 0.938. The number of nitrogens with zero attached hydrogens (tertiary/aromatic N) is 3. The molecule has 23 heavy (non-hydrogen) atoms. The van der Waals surface area contributed by atoms with Gasteiger partial charge < -0.3 is 15.4 Å². The summed E-state index contributed by atoms with van der Waals surface area (Å²) in [6, 6.07) is 6.50. The van der Waals surface area contributed by atoms with E-state index in [4.69, 9.17) is 4.74 Å². The first-order chi connectivity index (χ1) is 11.3. The van der Waals surface area contributed by atoms with Gasteiger partial charge in [-0.15, -0.1) is 5.10 Å². The predicted octanol–water partition coefficient (Wildman–Crippen LogP) is 2.26. The van der Waals surface area contributed by atoms with Crippen LogP contribution in [-0.2, 0) is 11.2 Å². The molecule has 0 bridgehead atoms. The minimum Gasteiger partial charge on any atom is -0.376 e. The molecule has 122 valence electrons. The van der Waals surface area contributed by atoms with E-state index in [2.05, 4.69) is 25.8 Å². The van der Waals surface area contributed by atoms with Gasteiger partial charge in [-0.1, -0.05) is 12.1 Å². The molecule has 1 saturated heterocycles. The van der Waals surface area contributed by atoms with Crippen LogP contribution in [0.3, 0.4) is 0 Å². The Labute approximate surface area is 134 Å². The Bertz CT molecular complexity index is 616. The molecule has 2 aromatic rings. The highest BCUT2D eigenvalue weighted by atomic mass is 19.1. The third-order valence-electron chi connectivity index (χ3n) is 3.70. The fourth-order valence-electron chi connectivity index (χ4n) is 2.46. The molecule has 6 nitrogen and oxygen atoms in total. The fraction of sp³-hybridized carbons (Fsp3) is 0.438. The molecule has 3 rings (SSSR count). The lowest BCUT2D eigenvalue weighted by atomic mass is 10.1. The van der Waals surface area contributed by atoms with Crippen LogP contribution >= 0.6 is 0 Å². The molecule has 1 unspecified atom stereocenters. The first-order valence-corrected chi connectivity index (χ1v) is 7.83. The van der Waals surface area contributed by atoms with Gasteiger partial charge in [-0.25, -0.2) is 4.39 Å². The number of hydrogen-bond acceptors (Lipinski definition) is 6. The van der Waals surface area contributed by atoms with Crippen molar-refractivity contribution in [3.63, 3.8) is 0 Å². The van der Waals surface area contributed by atoms with E-state index < -0.39 is 0 Å². The summed E-state index contributed by atoms with van der Waals surface area (Å²) in [5.41, 5.74) is 1.07. The van der Waals surface area contributed by atoms with Crippen LogP contribution in [0.2, 0.25) is 0 Å².